The predicted molar refractivity (Wildman–Crippen MR) is 84.3 cm³/mol. The summed E-state index contributed by atoms with van der Waals surface area (Å²) < 4.78 is 5.80. The number of nitrogens with zero attached hydrogens (tertiary/aromatic N) is 1. The summed E-state index contributed by atoms with van der Waals surface area (Å²) in [5, 5.41) is 9.87. The summed E-state index contributed by atoms with van der Waals surface area (Å²) in [6.45, 7) is 0. The molecular weight excluding hydrogens is 286 g/mol. The highest BCUT2D eigenvalue weighted by Crippen LogP contribution is 2.33. The Morgan fingerprint density at radius 1 is 1.05 bits per heavy atom. The highest BCUT2D eigenvalue weighted by molar-refractivity contribution is 6.35. The minimum absolute atomic E-state index is 0.0222. The van der Waals surface area contributed by atoms with E-state index in [0.717, 1.165) is 10.8 Å². The molecule has 0 aliphatic carbocycles. The van der Waals surface area contributed by atoms with Crippen molar-refractivity contribution in [1.82, 2.24) is 4.98 Å². The van der Waals surface area contributed by atoms with Crippen LogP contribution < -0.4 is 10.5 Å². The summed E-state index contributed by atoms with van der Waals surface area (Å²) in [6, 6.07) is 14.7. The van der Waals surface area contributed by atoms with Gasteiger partial charge >= 0.3 is 0 Å². The monoisotopic (exact) mass is 297 g/mol. The Bertz CT molecular complexity index is 815. The Hall–Kier alpha value is -2.59. The number of amidine groups is 1. The second-order valence-corrected chi connectivity index (χ2v) is 4.90. The number of pyridine rings is 1. The van der Waals surface area contributed by atoms with Crippen LogP contribution in [0.25, 0.3) is 10.8 Å². The molecule has 1 heterocycles. The number of hydrogen-bond donors (Lipinski definition) is 2. The van der Waals surface area contributed by atoms with Crippen molar-refractivity contribution in [2.24, 2.45) is 5.73 Å². The van der Waals surface area contributed by atoms with Gasteiger partial charge in [0.25, 0.3) is 0 Å². The fourth-order valence-electron chi connectivity index (χ4n) is 2.04. The molecule has 0 amide bonds. The zero-order chi connectivity index (χ0) is 14.8. The molecule has 3 aromatic rings. The van der Waals surface area contributed by atoms with Crippen LogP contribution in [0, 0.1) is 5.41 Å². The Balaban J connectivity index is 1.98. The van der Waals surface area contributed by atoms with Crippen molar-refractivity contribution in [2.45, 2.75) is 0 Å². The minimum atomic E-state index is -0.0222. The fraction of sp³-hybridized carbons (Fsp3) is 0. The molecule has 3 rings (SSSR count). The van der Waals surface area contributed by atoms with Crippen molar-refractivity contribution in [1.29, 1.82) is 5.41 Å². The maximum absolute atomic E-state index is 7.34. The molecule has 3 N–H and O–H groups in total. The van der Waals surface area contributed by atoms with Crippen LogP contribution in [0.15, 0.2) is 54.7 Å². The van der Waals surface area contributed by atoms with E-state index in [1.54, 1.807) is 18.2 Å². The van der Waals surface area contributed by atoms with Gasteiger partial charge in [0.15, 0.2) is 0 Å². The standard InChI is InChI=1S/C16H12ClN3O/c17-13-6-7-14(12-4-2-1-3-11(12)13)21-15-8-5-10(9-20-15)16(18)19/h1-9H,(H3,18,19). The lowest BCUT2D eigenvalue weighted by Gasteiger charge is -2.09. The Morgan fingerprint density at radius 3 is 2.48 bits per heavy atom. The van der Waals surface area contributed by atoms with Gasteiger partial charge in [0.05, 0.1) is 0 Å². The van der Waals surface area contributed by atoms with Crippen molar-refractivity contribution in [3.63, 3.8) is 0 Å². The van der Waals surface area contributed by atoms with E-state index in [0.29, 0.717) is 22.2 Å². The Morgan fingerprint density at radius 2 is 1.81 bits per heavy atom. The number of nitrogen functional groups attached to an aromatic ring is 1. The van der Waals surface area contributed by atoms with Gasteiger partial charge in [0.1, 0.15) is 11.6 Å². The number of ether oxygens (including phenoxy) is 1. The van der Waals surface area contributed by atoms with Gasteiger partial charge in [-0.1, -0.05) is 35.9 Å². The highest BCUT2D eigenvalue weighted by Gasteiger charge is 2.07. The third kappa shape index (κ3) is 2.66. The number of halogens is 1. The van der Waals surface area contributed by atoms with Gasteiger partial charge in [-0.15, -0.1) is 0 Å². The Labute approximate surface area is 126 Å². The Kier molecular flexibility index (Phi) is 3.46. The number of aromatic nitrogens is 1. The summed E-state index contributed by atoms with van der Waals surface area (Å²) in [4.78, 5) is 4.15. The van der Waals surface area contributed by atoms with Crippen molar-refractivity contribution >= 4 is 28.2 Å². The van der Waals surface area contributed by atoms with Crippen LogP contribution in [0.4, 0.5) is 0 Å². The van der Waals surface area contributed by atoms with Gasteiger partial charge in [-0.05, 0) is 18.2 Å². The molecule has 0 fully saturated rings. The molecule has 0 radical (unpaired) electrons. The first-order chi connectivity index (χ1) is 10.1. The van der Waals surface area contributed by atoms with Crippen molar-refractivity contribution in [3.05, 3.63) is 65.3 Å². The molecule has 2 aromatic carbocycles. The molecule has 0 saturated carbocycles. The zero-order valence-electron chi connectivity index (χ0n) is 11.0. The minimum Gasteiger partial charge on any atom is -0.438 e. The summed E-state index contributed by atoms with van der Waals surface area (Å²) in [6.07, 6.45) is 1.51. The number of benzene rings is 2. The molecule has 0 bridgehead atoms. The van der Waals surface area contributed by atoms with Crippen LogP contribution >= 0.6 is 11.6 Å². The molecule has 0 spiro atoms. The smallest absolute Gasteiger partial charge is 0.219 e. The lowest BCUT2D eigenvalue weighted by Crippen LogP contribution is -2.11. The first-order valence-corrected chi connectivity index (χ1v) is 6.68. The van der Waals surface area contributed by atoms with E-state index in [4.69, 9.17) is 27.5 Å². The van der Waals surface area contributed by atoms with Crippen molar-refractivity contribution in [3.8, 4) is 11.6 Å². The molecule has 0 atom stereocenters. The maximum Gasteiger partial charge on any atom is 0.219 e. The highest BCUT2D eigenvalue weighted by atomic mass is 35.5. The number of hydrogen-bond acceptors (Lipinski definition) is 3. The van der Waals surface area contributed by atoms with E-state index in [2.05, 4.69) is 4.98 Å². The lowest BCUT2D eigenvalue weighted by molar-refractivity contribution is 0.468. The van der Waals surface area contributed by atoms with Gasteiger partial charge in [-0.2, -0.15) is 0 Å². The molecule has 0 aliphatic rings. The maximum atomic E-state index is 7.34. The van der Waals surface area contributed by atoms with Crippen LogP contribution in [-0.4, -0.2) is 10.8 Å². The van der Waals surface area contributed by atoms with Crippen molar-refractivity contribution < 1.29 is 4.74 Å². The predicted octanol–water partition coefficient (Wildman–Crippen LogP) is 3.96. The molecule has 5 heteroatoms. The van der Waals surface area contributed by atoms with Crippen LogP contribution in [0.1, 0.15) is 5.56 Å². The molecule has 21 heavy (non-hydrogen) atoms. The van der Waals surface area contributed by atoms with Gasteiger partial charge in [0.2, 0.25) is 5.88 Å². The molecule has 0 saturated heterocycles. The summed E-state index contributed by atoms with van der Waals surface area (Å²) >= 11 is 6.18. The number of nitrogens with two attached hydrogens (primary N) is 1. The topological polar surface area (TPSA) is 72.0 Å². The van der Waals surface area contributed by atoms with Crippen LogP contribution in [0.2, 0.25) is 5.02 Å². The van der Waals surface area contributed by atoms with Gasteiger partial charge < -0.3 is 10.5 Å². The first kappa shape index (κ1) is 13.4. The number of rotatable bonds is 3. The van der Waals surface area contributed by atoms with Gasteiger partial charge in [-0.3, -0.25) is 5.41 Å². The second kappa shape index (κ2) is 5.42. The normalized spacial score (nSPS) is 10.5. The third-order valence-electron chi connectivity index (χ3n) is 3.09. The van der Waals surface area contributed by atoms with E-state index < -0.39 is 0 Å². The third-order valence-corrected chi connectivity index (χ3v) is 3.42. The lowest BCUT2D eigenvalue weighted by atomic mass is 10.1. The van der Waals surface area contributed by atoms with Gasteiger partial charge in [0, 0.05) is 33.6 Å². The average Bonchev–Trinajstić information content (AvgIpc) is 2.51. The first-order valence-electron chi connectivity index (χ1n) is 6.31. The SMILES string of the molecule is N=C(N)c1ccc(Oc2ccc(Cl)c3ccccc23)nc1. The number of fused-ring (bicyclic) bond motifs is 1. The molecule has 1 aromatic heterocycles. The number of nitrogens with one attached hydrogen (secondary N) is 1. The van der Waals surface area contributed by atoms with Crippen LogP contribution in [0.5, 0.6) is 11.6 Å². The summed E-state index contributed by atoms with van der Waals surface area (Å²) in [5.41, 5.74) is 5.95. The van der Waals surface area contributed by atoms with Crippen LogP contribution in [-0.2, 0) is 0 Å². The fourth-order valence-corrected chi connectivity index (χ4v) is 2.26. The van der Waals surface area contributed by atoms with E-state index in [-0.39, 0.29) is 5.84 Å². The van der Waals surface area contributed by atoms with Gasteiger partial charge in [-0.25, -0.2) is 4.98 Å². The molecule has 104 valence electrons. The van der Waals surface area contributed by atoms with E-state index in [1.165, 1.54) is 6.20 Å². The van der Waals surface area contributed by atoms with Crippen molar-refractivity contribution in [2.75, 3.05) is 0 Å². The second-order valence-electron chi connectivity index (χ2n) is 4.49. The molecule has 0 unspecified atom stereocenters. The summed E-state index contributed by atoms with van der Waals surface area (Å²) in [7, 11) is 0. The average molecular weight is 298 g/mol. The summed E-state index contributed by atoms with van der Waals surface area (Å²) in [5.74, 6) is 1.09. The van der Waals surface area contributed by atoms with E-state index >= 15 is 0 Å². The van der Waals surface area contributed by atoms with E-state index in [9.17, 15) is 0 Å². The van der Waals surface area contributed by atoms with E-state index in [1.807, 2.05) is 30.3 Å². The molecular formula is C16H12ClN3O. The molecule has 0 aliphatic heterocycles. The van der Waals surface area contributed by atoms with Crippen LogP contribution in [0.3, 0.4) is 0 Å². The quantitative estimate of drug-likeness (QED) is 0.567. The largest absolute Gasteiger partial charge is 0.438 e. The zero-order valence-corrected chi connectivity index (χ0v) is 11.8. The molecule has 4 nitrogen and oxygen atoms in total.